The first-order valence-corrected chi connectivity index (χ1v) is 6.73. The highest BCUT2D eigenvalue weighted by atomic mass is 14.9. The third kappa shape index (κ3) is 2.28. The van der Waals surface area contributed by atoms with Gasteiger partial charge in [-0.2, -0.15) is 0 Å². The summed E-state index contributed by atoms with van der Waals surface area (Å²) >= 11 is 0. The largest absolute Gasteiger partial charge is 0.309 e. The van der Waals surface area contributed by atoms with Gasteiger partial charge in [0.05, 0.1) is 11.6 Å². The lowest BCUT2D eigenvalue weighted by Crippen LogP contribution is -2.19. The molecular formula is C17H17N3. The molecule has 0 spiro atoms. The lowest BCUT2D eigenvalue weighted by molar-refractivity contribution is 0.684. The molecule has 0 aliphatic heterocycles. The van der Waals surface area contributed by atoms with Crippen LogP contribution in [0.3, 0.4) is 0 Å². The topological polar surface area (TPSA) is 37.8 Å². The van der Waals surface area contributed by atoms with Gasteiger partial charge in [-0.1, -0.05) is 18.2 Å². The molecule has 3 nitrogen and oxygen atoms in total. The number of aromatic nitrogens is 2. The lowest BCUT2D eigenvalue weighted by Gasteiger charge is -2.19. The van der Waals surface area contributed by atoms with Crippen molar-refractivity contribution in [2.24, 2.45) is 0 Å². The van der Waals surface area contributed by atoms with Gasteiger partial charge in [-0.15, -0.1) is 0 Å². The standard InChI is InChI=1S/C17H17N3/c1-12-15(6-4-9-19-12)17(18-2)14-7-8-16-13(11-14)5-3-10-20-16/h3-11,17-18H,1-2H3. The summed E-state index contributed by atoms with van der Waals surface area (Å²) in [4.78, 5) is 8.75. The molecule has 1 aromatic carbocycles. The van der Waals surface area contributed by atoms with E-state index in [1.165, 1.54) is 11.1 Å². The molecule has 0 saturated heterocycles. The predicted molar refractivity (Wildman–Crippen MR) is 81.6 cm³/mol. The van der Waals surface area contributed by atoms with Crippen molar-refractivity contribution in [3.05, 3.63) is 71.7 Å². The lowest BCUT2D eigenvalue weighted by atomic mass is 9.96. The summed E-state index contributed by atoms with van der Waals surface area (Å²) in [5, 5.41) is 4.54. The van der Waals surface area contributed by atoms with Gasteiger partial charge in [0.1, 0.15) is 0 Å². The molecule has 3 rings (SSSR count). The Morgan fingerprint density at radius 3 is 2.60 bits per heavy atom. The van der Waals surface area contributed by atoms with E-state index >= 15 is 0 Å². The van der Waals surface area contributed by atoms with E-state index < -0.39 is 0 Å². The highest BCUT2D eigenvalue weighted by Crippen LogP contribution is 2.25. The number of fused-ring (bicyclic) bond motifs is 1. The smallest absolute Gasteiger partial charge is 0.0702 e. The average molecular weight is 263 g/mol. The summed E-state index contributed by atoms with van der Waals surface area (Å²) in [5.74, 6) is 0. The van der Waals surface area contributed by atoms with Crippen LogP contribution in [0, 0.1) is 6.92 Å². The van der Waals surface area contributed by atoms with Gasteiger partial charge in [-0.05, 0) is 49.4 Å². The molecule has 0 saturated carbocycles. The number of hydrogen-bond acceptors (Lipinski definition) is 3. The maximum Gasteiger partial charge on any atom is 0.0702 e. The van der Waals surface area contributed by atoms with E-state index in [1.807, 2.05) is 38.5 Å². The minimum absolute atomic E-state index is 0.147. The zero-order valence-electron chi connectivity index (χ0n) is 11.7. The Morgan fingerprint density at radius 1 is 1.00 bits per heavy atom. The van der Waals surface area contributed by atoms with E-state index in [4.69, 9.17) is 0 Å². The van der Waals surface area contributed by atoms with E-state index in [2.05, 4.69) is 45.6 Å². The Labute approximate surface area is 118 Å². The van der Waals surface area contributed by atoms with Gasteiger partial charge in [-0.3, -0.25) is 9.97 Å². The zero-order chi connectivity index (χ0) is 13.9. The first kappa shape index (κ1) is 12.8. The van der Waals surface area contributed by atoms with Crippen molar-refractivity contribution >= 4 is 10.9 Å². The van der Waals surface area contributed by atoms with Crippen LogP contribution in [0.2, 0.25) is 0 Å². The Bertz CT molecular complexity index is 737. The van der Waals surface area contributed by atoms with Crippen LogP contribution in [-0.4, -0.2) is 17.0 Å². The molecule has 1 atom stereocenters. The van der Waals surface area contributed by atoms with Gasteiger partial charge in [0.2, 0.25) is 0 Å². The second-order valence-electron chi connectivity index (χ2n) is 4.86. The molecule has 2 heterocycles. The quantitative estimate of drug-likeness (QED) is 0.788. The Balaban J connectivity index is 2.10. The molecular weight excluding hydrogens is 246 g/mol. The van der Waals surface area contributed by atoms with Crippen molar-refractivity contribution in [3.63, 3.8) is 0 Å². The number of aryl methyl sites for hydroxylation is 1. The van der Waals surface area contributed by atoms with Crippen molar-refractivity contribution in [3.8, 4) is 0 Å². The van der Waals surface area contributed by atoms with Crippen LogP contribution in [-0.2, 0) is 0 Å². The summed E-state index contributed by atoms with van der Waals surface area (Å²) in [7, 11) is 1.98. The van der Waals surface area contributed by atoms with Crippen LogP contribution in [0.5, 0.6) is 0 Å². The van der Waals surface area contributed by atoms with Gasteiger partial charge in [0.25, 0.3) is 0 Å². The van der Waals surface area contributed by atoms with Crippen LogP contribution < -0.4 is 5.32 Å². The van der Waals surface area contributed by atoms with Crippen LogP contribution in [0.15, 0.2) is 54.9 Å². The van der Waals surface area contributed by atoms with E-state index in [0.29, 0.717) is 0 Å². The molecule has 1 unspecified atom stereocenters. The molecule has 0 radical (unpaired) electrons. The molecule has 0 aliphatic rings. The molecule has 3 heteroatoms. The van der Waals surface area contributed by atoms with Gasteiger partial charge in [0, 0.05) is 23.5 Å². The third-order valence-electron chi connectivity index (χ3n) is 3.61. The average Bonchev–Trinajstić information content (AvgIpc) is 2.50. The Kier molecular flexibility index (Phi) is 3.44. The predicted octanol–water partition coefficient (Wildman–Crippen LogP) is 3.25. The van der Waals surface area contributed by atoms with Crippen molar-refractivity contribution in [1.29, 1.82) is 0 Å². The van der Waals surface area contributed by atoms with E-state index in [-0.39, 0.29) is 6.04 Å². The molecule has 3 aromatic rings. The number of nitrogens with one attached hydrogen (secondary N) is 1. The zero-order valence-corrected chi connectivity index (χ0v) is 11.7. The Morgan fingerprint density at radius 2 is 1.80 bits per heavy atom. The van der Waals surface area contributed by atoms with Crippen molar-refractivity contribution in [1.82, 2.24) is 15.3 Å². The fourth-order valence-corrected chi connectivity index (χ4v) is 2.58. The number of benzene rings is 1. The molecule has 20 heavy (non-hydrogen) atoms. The molecule has 100 valence electrons. The maximum absolute atomic E-state index is 4.38. The SMILES string of the molecule is CNC(c1ccc2ncccc2c1)c1cccnc1C. The van der Waals surface area contributed by atoms with Crippen molar-refractivity contribution < 1.29 is 0 Å². The molecule has 1 N–H and O–H groups in total. The fraction of sp³-hybridized carbons (Fsp3) is 0.176. The molecule has 0 fully saturated rings. The van der Waals surface area contributed by atoms with Crippen LogP contribution in [0.25, 0.3) is 10.9 Å². The summed E-state index contributed by atoms with van der Waals surface area (Å²) in [5.41, 5.74) is 4.51. The molecule has 2 aromatic heterocycles. The minimum atomic E-state index is 0.147. The second kappa shape index (κ2) is 5.39. The van der Waals surface area contributed by atoms with Gasteiger partial charge in [0.15, 0.2) is 0 Å². The van der Waals surface area contributed by atoms with Crippen LogP contribution in [0.1, 0.15) is 22.9 Å². The van der Waals surface area contributed by atoms with E-state index in [9.17, 15) is 0 Å². The normalized spacial score (nSPS) is 12.5. The summed E-state index contributed by atoms with van der Waals surface area (Å²) in [6, 6.07) is 14.7. The molecule has 0 aliphatic carbocycles. The van der Waals surface area contributed by atoms with Gasteiger partial charge < -0.3 is 5.32 Å². The van der Waals surface area contributed by atoms with E-state index in [0.717, 1.165) is 16.6 Å². The number of nitrogens with zero attached hydrogens (tertiary/aromatic N) is 2. The van der Waals surface area contributed by atoms with Crippen molar-refractivity contribution in [2.75, 3.05) is 7.05 Å². The summed E-state index contributed by atoms with van der Waals surface area (Å²) in [6.45, 7) is 2.04. The fourth-order valence-electron chi connectivity index (χ4n) is 2.58. The molecule has 0 amide bonds. The first-order valence-electron chi connectivity index (χ1n) is 6.73. The maximum atomic E-state index is 4.38. The first-order chi connectivity index (χ1) is 9.79. The Hall–Kier alpha value is -2.26. The van der Waals surface area contributed by atoms with Crippen LogP contribution >= 0.6 is 0 Å². The summed E-state index contributed by atoms with van der Waals surface area (Å²) in [6.07, 6.45) is 3.65. The number of hydrogen-bond donors (Lipinski definition) is 1. The minimum Gasteiger partial charge on any atom is -0.309 e. The van der Waals surface area contributed by atoms with E-state index in [1.54, 1.807) is 0 Å². The summed E-state index contributed by atoms with van der Waals surface area (Å²) < 4.78 is 0. The third-order valence-corrected chi connectivity index (χ3v) is 3.61. The highest BCUT2D eigenvalue weighted by molar-refractivity contribution is 5.79. The van der Waals surface area contributed by atoms with Crippen LogP contribution in [0.4, 0.5) is 0 Å². The monoisotopic (exact) mass is 263 g/mol. The second-order valence-corrected chi connectivity index (χ2v) is 4.86. The van der Waals surface area contributed by atoms with Crippen molar-refractivity contribution in [2.45, 2.75) is 13.0 Å². The number of rotatable bonds is 3. The number of pyridine rings is 2. The highest BCUT2D eigenvalue weighted by Gasteiger charge is 2.14. The van der Waals surface area contributed by atoms with Gasteiger partial charge in [-0.25, -0.2) is 0 Å². The molecule has 0 bridgehead atoms. The van der Waals surface area contributed by atoms with Gasteiger partial charge >= 0.3 is 0 Å².